The first-order valence-corrected chi connectivity index (χ1v) is 7.37. The minimum Gasteiger partial charge on any atom is -0.481 e. The van der Waals surface area contributed by atoms with Gasteiger partial charge in [0, 0.05) is 6.54 Å². The summed E-state index contributed by atoms with van der Waals surface area (Å²) in [5.74, 6) is -1.23. The molecule has 0 saturated heterocycles. The van der Waals surface area contributed by atoms with Crippen LogP contribution in [0.15, 0.2) is 0 Å². The monoisotopic (exact) mass is 300 g/mol. The maximum Gasteiger partial charge on any atom is 0.326 e. The molecule has 0 aromatic heterocycles. The van der Waals surface area contributed by atoms with E-state index in [9.17, 15) is 14.4 Å². The van der Waals surface area contributed by atoms with Crippen LogP contribution in [0, 0.1) is 11.8 Å². The molecule has 0 bridgehead atoms. The van der Waals surface area contributed by atoms with Crippen molar-refractivity contribution in [1.29, 1.82) is 0 Å². The number of hydrogen-bond donors (Lipinski definition) is 4. The van der Waals surface area contributed by atoms with Crippen molar-refractivity contribution in [3.63, 3.8) is 0 Å². The van der Waals surface area contributed by atoms with Crippen molar-refractivity contribution >= 4 is 18.0 Å². The van der Waals surface area contributed by atoms with Crippen LogP contribution in [0.3, 0.4) is 0 Å². The number of nitrogens with one attached hydrogen (secondary N) is 2. The van der Waals surface area contributed by atoms with Crippen molar-refractivity contribution in [2.45, 2.75) is 51.5 Å². The van der Waals surface area contributed by atoms with E-state index in [4.69, 9.17) is 10.2 Å². The first-order chi connectivity index (χ1) is 9.88. The van der Waals surface area contributed by atoms with Crippen LogP contribution in [0.1, 0.15) is 45.4 Å². The van der Waals surface area contributed by atoms with Gasteiger partial charge in [-0.3, -0.25) is 4.79 Å². The Kier molecular flexibility index (Phi) is 6.98. The predicted octanol–water partition coefficient (Wildman–Crippen LogP) is 1.43. The number of carboxylic acid groups (broad SMARTS) is 2. The molecule has 120 valence electrons. The number of urea groups is 1. The molecule has 4 N–H and O–H groups in total. The van der Waals surface area contributed by atoms with Crippen LogP contribution in [0.2, 0.25) is 0 Å². The fraction of sp³-hybridized carbons (Fsp3) is 0.786. The minimum absolute atomic E-state index is 0.476. The second kappa shape index (κ2) is 8.49. The fourth-order valence-electron chi connectivity index (χ4n) is 2.59. The van der Waals surface area contributed by atoms with Gasteiger partial charge in [0.05, 0.1) is 6.42 Å². The van der Waals surface area contributed by atoms with Crippen LogP contribution in [-0.2, 0) is 9.59 Å². The third-order valence-corrected chi connectivity index (χ3v) is 3.96. The summed E-state index contributed by atoms with van der Waals surface area (Å²) < 4.78 is 0. The van der Waals surface area contributed by atoms with Crippen LogP contribution in [0.5, 0.6) is 0 Å². The van der Waals surface area contributed by atoms with Gasteiger partial charge in [-0.05, 0) is 18.3 Å². The molecule has 2 amide bonds. The van der Waals surface area contributed by atoms with Crippen molar-refractivity contribution in [3.8, 4) is 0 Å². The van der Waals surface area contributed by atoms with Crippen LogP contribution < -0.4 is 10.6 Å². The number of amides is 2. The molecule has 1 rings (SSSR count). The van der Waals surface area contributed by atoms with Gasteiger partial charge >= 0.3 is 18.0 Å². The van der Waals surface area contributed by atoms with Crippen LogP contribution in [0.25, 0.3) is 0 Å². The lowest BCUT2D eigenvalue weighted by molar-refractivity contribution is -0.145. The lowest BCUT2D eigenvalue weighted by Crippen LogP contribution is -2.47. The third-order valence-electron chi connectivity index (χ3n) is 3.96. The van der Waals surface area contributed by atoms with Crippen LogP contribution in [0.4, 0.5) is 4.79 Å². The summed E-state index contributed by atoms with van der Waals surface area (Å²) in [7, 11) is 0. The maximum atomic E-state index is 11.6. The summed E-state index contributed by atoms with van der Waals surface area (Å²) in [6, 6.07) is -2.04. The molecule has 0 unspecified atom stereocenters. The number of carbonyl (C=O) groups excluding carboxylic acids is 1. The number of aliphatic carboxylic acids is 2. The molecule has 7 nitrogen and oxygen atoms in total. The Morgan fingerprint density at radius 1 is 1.14 bits per heavy atom. The largest absolute Gasteiger partial charge is 0.481 e. The summed E-state index contributed by atoms with van der Waals surface area (Å²) in [5, 5.41) is 22.2. The van der Waals surface area contributed by atoms with Gasteiger partial charge in [-0.2, -0.15) is 0 Å². The average Bonchev–Trinajstić information content (AvgIpc) is 2.39. The van der Waals surface area contributed by atoms with Crippen molar-refractivity contribution in [1.82, 2.24) is 10.6 Å². The van der Waals surface area contributed by atoms with Crippen molar-refractivity contribution in [2.75, 3.05) is 6.54 Å². The zero-order chi connectivity index (χ0) is 15.8. The molecular formula is C14H24N2O5. The minimum atomic E-state index is -1.40. The second-order valence-corrected chi connectivity index (χ2v) is 5.80. The molecule has 1 aliphatic rings. The second-order valence-electron chi connectivity index (χ2n) is 5.80. The molecule has 0 aliphatic heterocycles. The van der Waals surface area contributed by atoms with Crippen molar-refractivity contribution in [3.05, 3.63) is 0 Å². The van der Waals surface area contributed by atoms with E-state index in [1.807, 2.05) is 0 Å². The first kappa shape index (κ1) is 17.3. The van der Waals surface area contributed by atoms with Crippen LogP contribution in [-0.4, -0.2) is 40.8 Å². The molecule has 0 aromatic rings. The van der Waals surface area contributed by atoms with E-state index in [1.165, 1.54) is 25.7 Å². The molecule has 21 heavy (non-hydrogen) atoms. The Bertz CT molecular complexity index is 378. The average molecular weight is 300 g/mol. The smallest absolute Gasteiger partial charge is 0.326 e. The number of hydrogen-bond acceptors (Lipinski definition) is 3. The topological polar surface area (TPSA) is 116 Å². The Labute approximate surface area is 124 Å². The Morgan fingerprint density at radius 2 is 1.76 bits per heavy atom. The molecule has 7 heteroatoms. The molecule has 0 heterocycles. The lowest BCUT2D eigenvalue weighted by Gasteiger charge is -2.26. The fourth-order valence-corrected chi connectivity index (χ4v) is 2.59. The molecule has 0 aromatic carbocycles. The summed E-state index contributed by atoms with van der Waals surface area (Å²) in [6.45, 7) is 2.72. The van der Waals surface area contributed by atoms with E-state index in [0.29, 0.717) is 12.5 Å². The van der Waals surface area contributed by atoms with E-state index < -0.39 is 30.4 Å². The first-order valence-electron chi connectivity index (χ1n) is 7.37. The summed E-state index contributed by atoms with van der Waals surface area (Å²) in [5.41, 5.74) is 0. The molecule has 1 atom stereocenters. The zero-order valence-corrected chi connectivity index (χ0v) is 12.3. The van der Waals surface area contributed by atoms with Crippen LogP contribution >= 0.6 is 0 Å². The normalized spacial score (nSPS) is 23.1. The van der Waals surface area contributed by atoms with Gasteiger partial charge in [-0.1, -0.05) is 32.6 Å². The van der Waals surface area contributed by atoms with Gasteiger partial charge in [-0.15, -0.1) is 0 Å². The van der Waals surface area contributed by atoms with E-state index in [1.54, 1.807) is 0 Å². The van der Waals surface area contributed by atoms with E-state index in [2.05, 4.69) is 17.6 Å². The van der Waals surface area contributed by atoms with Crippen molar-refractivity contribution in [2.24, 2.45) is 11.8 Å². The predicted molar refractivity (Wildman–Crippen MR) is 76.0 cm³/mol. The molecule has 1 fully saturated rings. The summed E-state index contributed by atoms with van der Waals surface area (Å²) >= 11 is 0. The highest BCUT2D eigenvalue weighted by atomic mass is 16.4. The third kappa shape index (κ3) is 6.97. The Hall–Kier alpha value is -1.79. The van der Waals surface area contributed by atoms with E-state index in [0.717, 1.165) is 12.3 Å². The van der Waals surface area contributed by atoms with Gasteiger partial charge in [0.1, 0.15) is 6.04 Å². The van der Waals surface area contributed by atoms with Gasteiger partial charge < -0.3 is 20.8 Å². The SMILES string of the molecule is CC1CCC(CCNC(=O)N[C@@H](CC(=O)O)C(=O)O)CC1. The highest BCUT2D eigenvalue weighted by molar-refractivity contribution is 5.86. The van der Waals surface area contributed by atoms with Gasteiger partial charge in [-0.25, -0.2) is 9.59 Å². The molecule has 0 spiro atoms. The Morgan fingerprint density at radius 3 is 2.29 bits per heavy atom. The van der Waals surface area contributed by atoms with Gasteiger partial charge in [0.15, 0.2) is 0 Å². The maximum absolute atomic E-state index is 11.6. The quantitative estimate of drug-likeness (QED) is 0.567. The number of carbonyl (C=O) groups is 3. The Balaban J connectivity index is 2.23. The van der Waals surface area contributed by atoms with Crippen molar-refractivity contribution < 1.29 is 24.6 Å². The molecule has 1 saturated carbocycles. The van der Waals surface area contributed by atoms with E-state index >= 15 is 0 Å². The lowest BCUT2D eigenvalue weighted by atomic mass is 9.81. The molecule has 1 aliphatic carbocycles. The number of carboxylic acids is 2. The molecule has 0 radical (unpaired) electrons. The summed E-state index contributed by atoms with van der Waals surface area (Å²) in [6.07, 6.45) is 5.01. The standard InChI is InChI=1S/C14H24N2O5/c1-9-2-4-10(5-3-9)6-7-15-14(21)16-11(13(19)20)8-12(17)18/h9-11H,2-8H2,1H3,(H,17,18)(H,19,20)(H2,15,16,21)/t9?,10?,11-/m0/s1. The van der Waals surface area contributed by atoms with Gasteiger partial charge in [0.25, 0.3) is 0 Å². The highest BCUT2D eigenvalue weighted by Gasteiger charge is 2.23. The van der Waals surface area contributed by atoms with Gasteiger partial charge in [0.2, 0.25) is 0 Å². The summed E-state index contributed by atoms with van der Waals surface area (Å²) in [4.78, 5) is 32.9. The zero-order valence-electron chi connectivity index (χ0n) is 12.3. The molecular weight excluding hydrogens is 276 g/mol. The van der Waals surface area contributed by atoms with E-state index in [-0.39, 0.29) is 0 Å². The number of rotatable bonds is 7. The highest BCUT2D eigenvalue weighted by Crippen LogP contribution is 2.29.